The van der Waals surface area contributed by atoms with Gasteiger partial charge in [0, 0.05) is 20.3 Å². The first kappa shape index (κ1) is 15.3. The van der Waals surface area contributed by atoms with Gasteiger partial charge in [-0.2, -0.15) is 5.10 Å². The number of halogens is 1. The fraction of sp³-hybridized carbons (Fsp3) is 0.286. The number of ether oxygens (including phenoxy) is 1. The lowest BCUT2D eigenvalue weighted by atomic mass is 10.3. The molecule has 2 N–H and O–H groups in total. The zero-order chi connectivity index (χ0) is 15.1. The van der Waals surface area contributed by atoms with Crippen molar-refractivity contribution < 1.29 is 9.53 Å². The van der Waals surface area contributed by atoms with E-state index in [2.05, 4.69) is 15.7 Å². The summed E-state index contributed by atoms with van der Waals surface area (Å²) in [4.78, 5) is 11.7. The van der Waals surface area contributed by atoms with Gasteiger partial charge in [0.15, 0.2) is 0 Å². The average molecular weight is 309 g/mol. The molecule has 2 amide bonds. The van der Waals surface area contributed by atoms with E-state index in [9.17, 15) is 4.79 Å². The van der Waals surface area contributed by atoms with Crippen molar-refractivity contribution in [2.24, 2.45) is 0 Å². The van der Waals surface area contributed by atoms with Crippen molar-refractivity contribution in [3.05, 3.63) is 41.7 Å². The average Bonchev–Trinajstić information content (AvgIpc) is 2.92. The van der Waals surface area contributed by atoms with Gasteiger partial charge in [0.25, 0.3) is 0 Å². The summed E-state index contributed by atoms with van der Waals surface area (Å²) in [5, 5.41) is 10.2. The Bertz CT molecular complexity index is 600. The molecule has 1 heterocycles. The molecule has 112 valence electrons. The normalized spacial score (nSPS) is 10.4. The van der Waals surface area contributed by atoms with Crippen LogP contribution in [-0.4, -0.2) is 36.1 Å². The maximum atomic E-state index is 11.7. The molecule has 7 heteroatoms. The molecule has 1 aromatic heterocycles. The highest BCUT2D eigenvalue weighted by molar-refractivity contribution is 6.32. The number of carbonyl (C=O) groups is 1. The van der Waals surface area contributed by atoms with E-state index in [1.165, 1.54) is 0 Å². The van der Waals surface area contributed by atoms with Gasteiger partial charge >= 0.3 is 6.03 Å². The Balaban J connectivity index is 1.91. The smallest absolute Gasteiger partial charge is 0.319 e. The number of para-hydroxylation sites is 1. The number of methoxy groups -OCH3 is 1. The first-order chi connectivity index (χ1) is 10.2. The zero-order valence-electron chi connectivity index (χ0n) is 11.7. The van der Waals surface area contributed by atoms with Crippen LogP contribution < -0.4 is 10.6 Å². The van der Waals surface area contributed by atoms with Crippen LogP contribution in [-0.2, 0) is 4.74 Å². The number of benzene rings is 1. The lowest BCUT2D eigenvalue weighted by molar-refractivity contribution is 0.194. The van der Waals surface area contributed by atoms with E-state index in [-0.39, 0.29) is 6.03 Å². The Morgan fingerprint density at radius 2 is 2.24 bits per heavy atom. The number of nitrogens with one attached hydrogen (secondary N) is 2. The summed E-state index contributed by atoms with van der Waals surface area (Å²) in [5.74, 6) is 0. The SMILES string of the molecule is COCCCNC(=O)Nc1cnn(-c2ccccc2Cl)c1. The van der Waals surface area contributed by atoms with E-state index in [1.807, 2.05) is 18.2 Å². The summed E-state index contributed by atoms with van der Waals surface area (Å²) in [6.07, 6.45) is 4.04. The molecule has 0 saturated carbocycles. The molecule has 0 radical (unpaired) electrons. The van der Waals surface area contributed by atoms with Crippen molar-refractivity contribution in [1.82, 2.24) is 15.1 Å². The third-order valence-corrected chi connectivity index (χ3v) is 3.07. The topological polar surface area (TPSA) is 68.2 Å². The van der Waals surface area contributed by atoms with Gasteiger partial charge in [-0.3, -0.25) is 0 Å². The van der Waals surface area contributed by atoms with Gasteiger partial charge in [-0.15, -0.1) is 0 Å². The molecule has 2 aromatic rings. The van der Waals surface area contributed by atoms with Gasteiger partial charge in [0.1, 0.15) is 0 Å². The van der Waals surface area contributed by atoms with Crippen LogP contribution in [0.15, 0.2) is 36.7 Å². The second kappa shape index (κ2) is 7.66. The van der Waals surface area contributed by atoms with Crippen LogP contribution in [0.25, 0.3) is 5.69 Å². The van der Waals surface area contributed by atoms with E-state index < -0.39 is 0 Å². The van der Waals surface area contributed by atoms with Crippen LogP contribution in [0.3, 0.4) is 0 Å². The number of rotatable bonds is 6. The lowest BCUT2D eigenvalue weighted by Gasteiger charge is -2.05. The van der Waals surface area contributed by atoms with Gasteiger partial charge in [0.2, 0.25) is 0 Å². The maximum Gasteiger partial charge on any atom is 0.319 e. The summed E-state index contributed by atoms with van der Waals surface area (Å²) in [6.45, 7) is 1.17. The van der Waals surface area contributed by atoms with E-state index in [1.54, 1.807) is 30.3 Å². The molecule has 0 bridgehead atoms. The fourth-order valence-electron chi connectivity index (χ4n) is 1.75. The molecule has 0 aliphatic carbocycles. The largest absolute Gasteiger partial charge is 0.385 e. The van der Waals surface area contributed by atoms with Crippen molar-refractivity contribution in [2.75, 3.05) is 25.6 Å². The van der Waals surface area contributed by atoms with Crippen LogP contribution >= 0.6 is 11.6 Å². The van der Waals surface area contributed by atoms with E-state index >= 15 is 0 Å². The predicted octanol–water partition coefficient (Wildman–Crippen LogP) is 2.68. The Morgan fingerprint density at radius 1 is 1.43 bits per heavy atom. The second-order valence-electron chi connectivity index (χ2n) is 4.35. The molecular formula is C14H17ClN4O2. The molecular weight excluding hydrogens is 292 g/mol. The summed E-state index contributed by atoms with van der Waals surface area (Å²) in [5.41, 5.74) is 1.35. The molecule has 2 rings (SSSR count). The molecule has 21 heavy (non-hydrogen) atoms. The van der Waals surface area contributed by atoms with Crippen LogP contribution in [0.2, 0.25) is 5.02 Å². The predicted molar refractivity (Wildman–Crippen MR) is 82.1 cm³/mol. The Hall–Kier alpha value is -2.05. The van der Waals surface area contributed by atoms with Gasteiger partial charge in [-0.1, -0.05) is 23.7 Å². The third kappa shape index (κ3) is 4.47. The quantitative estimate of drug-likeness (QED) is 0.806. The van der Waals surface area contributed by atoms with E-state index in [0.717, 1.165) is 12.1 Å². The molecule has 0 aliphatic heterocycles. The summed E-state index contributed by atoms with van der Waals surface area (Å²) < 4.78 is 6.52. The molecule has 0 saturated heterocycles. The van der Waals surface area contributed by atoms with Crippen molar-refractivity contribution in [1.29, 1.82) is 0 Å². The highest BCUT2D eigenvalue weighted by Gasteiger charge is 2.06. The number of nitrogens with zero attached hydrogens (tertiary/aromatic N) is 2. The maximum absolute atomic E-state index is 11.7. The minimum absolute atomic E-state index is 0.273. The number of hydrogen-bond acceptors (Lipinski definition) is 3. The minimum Gasteiger partial charge on any atom is -0.385 e. The first-order valence-corrected chi connectivity index (χ1v) is 6.92. The standard InChI is InChI=1S/C14H17ClN4O2/c1-21-8-4-7-16-14(20)18-11-9-17-19(10-11)13-6-3-2-5-12(13)15/h2-3,5-6,9-10H,4,7-8H2,1H3,(H2,16,18,20). The zero-order valence-corrected chi connectivity index (χ0v) is 12.4. The Morgan fingerprint density at radius 3 is 3.00 bits per heavy atom. The summed E-state index contributed by atoms with van der Waals surface area (Å²) >= 11 is 6.10. The molecule has 6 nitrogen and oxygen atoms in total. The van der Waals surface area contributed by atoms with Crippen LogP contribution in [0.5, 0.6) is 0 Å². The number of urea groups is 1. The van der Waals surface area contributed by atoms with Crippen molar-refractivity contribution in [3.8, 4) is 5.69 Å². The second-order valence-corrected chi connectivity index (χ2v) is 4.76. The van der Waals surface area contributed by atoms with Gasteiger partial charge in [0.05, 0.1) is 28.8 Å². The number of anilines is 1. The highest BCUT2D eigenvalue weighted by Crippen LogP contribution is 2.20. The summed E-state index contributed by atoms with van der Waals surface area (Å²) in [6, 6.07) is 7.09. The third-order valence-electron chi connectivity index (χ3n) is 2.75. The Labute approximate surface area is 128 Å². The van der Waals surface area contributed by atoms with Gasteiger partial charge in [-0.25, -0.2) is 9.48 Å². The lowest BCUT2D eigenvalue weighted by Crippen LogP contribution is -2.29. The Kier molecular flexibility index (Phi) is 5.59. The monoisotopic (exact) mass is 308 g/mol. The molecule has 0 aliphatic rings. The number of amides is 2. The van der Waals surface area contributed by atoms with Gasteiger partial charge < -0.3 is 15.4 Å². The fourth-order valence-corrected chi connectivity index (χ4v) is 1.97. The molecule has 1 aromatic carbocycles. The first-order valence-electron chi connectivity index (χ1n) is 6.54. The van der Waals surface area contributed by atoms with Crippen LogP contribution in [0, 0.1) is 0 Å². The van der Waals surface area contributed by atoms with E-state index in [4.69, 9.17) is 16.3 Å². The highest BCUT2D eigenvalue weighted by atomic mass is 35.5. The molecule has 0 spiro atoms. The number of aromatic nitrogens is 2. The van der Waals surface area contributed by atoms with Crippen molar-refractivity contribution in [2.45, 2.75) is 6.42 Å². The number of carbonyl (C=O) groups excluding carboxylic acids is 1. The molecule has 0 unspecified atom stereocenters. The number of hydrogen-bond donors (Lipinski definition) is 2. The van der Waals surface area contributed by atoms with E-state index in [0.29, 0.717) is 23.9 Å². The van der Waals surface area contributed by atoms with Crippen molar-refractivity contribution in [3.63, 3.8) is 0 Å². The van der Waals surface area contributed by atoms with Crippen molar-refractivity contribution >= 4 is 23.3 Å². The minimum atomic E-state index is -0.273. The summed E-state index contributed by atoms with van der Waals surface area (Å²) in [7, 11) is 1.63. The van der Waals surface area contributed by atoms with Gasteiger partial charge in [-0.05, 0) is 18.6 Å². The van der Waals surface area contributed by atoms with Crippen LogP contribution in [0.4, 0.5) is 10.5 Å². The van der Waals surface area contributed by atoms with Crippen LogP contribution in [0.1, 0.15) is 6.42 Å². The molecule has 0 atom stereocenters. The molecule has 0 fully saturated rings.